The smallest absolute Gasteiger partial charge is 0.206 e. The van der Waals surface area contributed by atoms with Gasteiger partial charge >= 0.3 is 0 Å². The van der Waals surface area contributed by atoms with Gasteiger partial charge in [0.2, 0.25) is 9.84 Å². The molecule has 1 aromatic carbocycles. The minimum atomic E-state index is -3.41. The molecule has 1 aliphatic heterocycles. The standard InChI is InChI=1S/C11H16N2O3S.ClH/c12-7-9-1-3-10(4-2-9)17(14,15)11-8-13-5-6-16-11;/h1-4,11,13H,5-8,12H2;1H. The first-order valence-electron chi connectivity index (χ1n) is 5.50. The van der Waals surface area contributed by atoms with Crippen molar-refractivity contribution >= 4 is 22.2 Å². The number of hydrogen-bond donors (Lipinski definition) is 2. The van der Waals surface area contributed by atoms with Gasteiger partial charge in [0.25, 0.3) is 0 Å². The van der Waals surface area contributed by atoms with Crippen LogP contribution in [0.15, 0.2) is 29.2 Å². The van der Waals surface area contributed by atoms with E-state index in [0.717, 1.165) is 5.56 Å². The van der Waals surface area contributed by atoms with E-state index in [1.165, 1.54) is 0 Å². The summed E-state index contributed by atoms with van der Waals surface area (Å²) in [6, 6.07) is 6.61. The largest absolute Gasteiger partial charge is 0.359 e. The van der Waals surface area contributed by atoms with Crippen molar-refractivity contribution in [2.24, 2.45) is 5.73 Å². The molecule has 0 saturated carbocycles. The van der Waals surface area contributed by atoms with Crippen molar-refractivity contribution in [2.45, 2.75) is 16.9 Å². The highest BCUT2D eigenvalue weighted by molar-refractivity contribution is 7.92. The fourth-order valence-corrected chi connectivity index (χ4v) is 3.14. The average Bonchev–Trinajstić information content (AvgIpc) is 2.40. The van der Waals surface area contributed by atoms with Gasteiger partial charge in [0, 0.05) is 19.6 Å². The summed E-state index contributed by atoms with van der Waals surface area (Å²) in [4.78, 5) is 0.281. The predicted molar refractivity (Wildman–Crippen MR) is 71.4 cm³/mol. The van der Waals surface area contributed by atoms with Crippen LogP contribution in [-0.2, 0) is 21.1 Å². The summed E-state index contributed by atoms with van der Waals surface area (Å²) in [5.74, 6) is 0. The second kappa shape index (κ2) is 6.49. The third kappa shape index (κ3) is 3.21. The van der Waals surface area contributed by atoms with Crippen LogP contribution in [0.2, 0.25) is 0 Å². The number of rotatable bonds is 3. The molecular weight excluding hydrogens is 276 g/mol. The quantitative estimate of drug-likeness (QED) is 0.837. The summed E-state index contributed by atoms with van der Waals surface area (Å²) in [6.45, 7) is 1.85. The summed E-state index contributed by atoms with van der Waals surface area (Å²) in [5.41, 5.74) is 5.58. The van der Waals surface area contributed by atoms with Gasteiger partial charge < -0.3 is 15.8 Å². The van der Waals surface area contributed by atoms with Crippen LogP contribution < -0.4 is 11.1 Å². The van der Waals surface area contributed by atoms with Crippen molar-refractivity contribution in [3.8, 4) is 0 Å². The van der Waals surface area contributed by atoms with E-state index in [1.54, 1.807) is 24.3 Å². The Kier molecular flexibility index (Phi) is 5.55. The maximum absolute atomic E-state index is 12.2. The highest BCUT2D eigenvalue weighted by Gasteiger charge is 2.29. The molecule has 0 amide bonds. The van der Waals surface area contributed by atoms with Gasteiger partial charge in [-0.3, -0.25) is 0 Å². The lowest BCUT2D eigenvalue weighted by atomic mass is 10.2. The van der Waals surface area contributed by atoms with E-state index < -0.39 is 15.3 Å². The third-order valence-corrected chi connectivity index (χ3v) is 4.65. The van der Waals surface area contributed by atoms with Crippen LogP contribution in [0.25, 0.3) is 0 Å². The highest BCUT2D eigenvalue weighted by atomic mass is 35.5. The molecule has 1 saturated heterocycles. The molecule has 0 aliphatic carbocycles. The fourth-order valence-electron chi connectivity index (χ4n) is 1.71. The second-order valence-corrected chi connectivity index (χ2v) is 5.98. The molecule has 7 heteroatoms. The lowest BCUT2D eigenvalue weighted by Crippen LogP contribution is -2.43. The molecule has 1 atom stereocenters. The Morgan fingerprint density at radius 3 is 2.50 bits per heavy atom. The van der Waals surface area contributed by atoms with Gasteiger partial charge in [-0.2, -0.15) is 0 Å². The Hall–Kier alpha value is -0.660. The molecule has 3 N–H and O–H groups in total. The lowest BCUT2D eigenvalue weighted by molar-refractivity contribution is 0.0785. The number of benzene rings is 1. The van der Waals surface area contributed by atoms with E-state index in [1.807, 2.05) is 0 Å². The summed E-state index contributed by atoms with van der Waals surface area (Å²) in [7, 11) is -3.41. The lowest BCUT2D eigenvalue weighted by Gasteiger charge is -2.23. The summed E-state index contributed by atoms with van der Waals surface area (Å²) < 4.78 is 29.7. The van der Waals surface area contributed by atoms with Crippen molar-refractivity contribution in [1.29, 1.82) is 0 Å². The number of nitrogens with two attached hydrogens (primary N) is 1. The third-order valence-electron chi connectivity index (χ3n) is 2.73. The van der Waals surface area contributed by atoms with Crippen molar-refractivity contribution < 1.29 is 13.2 Å². The Balaban J connectivity index is 0.00000162. The molecule has 0 spiro atoms. The number of halogens is 1. The maximum atomic E-state index is 12.2. The molecule has 1 aromatic rings. The Morgan fingerprint density at radius 1 is 1.33 bits per heavy atom. The minimum Gasteiger partial charge on any atom is -0.359 e. The summed E-state index contributed by atoms with van der Waals surface area (Å²) in [6.07, 6.45) is 0. The summed E-state index contributed by atoms with van der Waals surface area (Å²) >= 11 is 0. The van der Waals surface area contributed by atoms with Gasteiger partial charge in [-0.1, -0.05) is 12.1 Å². The molecule has 1 aliphatic rings. The van der Waals surface area contributed by atoms with Crippen LogP contribution in [-0.4, -0.2) is 33.6 Å². The number of nitrogens with one attached hydrogen (secondary N) is 1. The summed E-state index contributed by atoms with van der Waals surface area (Å²) in [5, 5.41) is 3.01. The van der Waals surface area contributed by atoms with Gasteiger partial charge in [-0.05, 0) is 17.7 Å². The van der Waals surface area contributed by atoms with Gasteiger partial charge in [0.05, 0.1) is 11.5 Å². The number of sulfone groups is 1. The molecule has 0 bridgehead atoms. The van der Waals surface area contributed by atoms with Crippen LogP contribution >= 0.6 is 12.4 Å². The van der Waals surface area contributed by atoms with Crippen LogP contribution in [0.5, 0.6) is 0 Å². The zero-order chi connectivity index (χ0) is 12.3. The van der Waals surface area contributed by atoms with E-state index in [0.29, 0.717) is 26.2 Å². The van der Waals surface area contributed by atoms with Crippen molar-refractivity contribution in [1.82, 2.24) is 5.32 Å². The van der Waals surface area contributed by atoms with Gasteiger partial charge in [-0.15, -0.1) is 12.4 Å². The Labute approximate surface area is 113 Å². The molecule has 2 rings (SSSR count). The topological polar surface area (TPSA) is 81.4 Å². The van der Waals surface area contributed by atoms with Crippen molar-refractivity contribution in [2.75, 3.05) is 19.7 Å². The fraction of sp³-hybridized carbons (Fsp3) is 0.455. The Bertz CT molecular complexity index is 470. The second-order valence-electron chi connectivity index (χ2n) is 3.90. The molecule has 1 heterocycles. The zero-order valence-corrected chi connectivity index (χ0v) is 11.5. The number of morpholine rings is 1. The predicted octanol–water partition coefficient (Wildman–Crippen LogP) is 0.287. The molecule has 1 fully saturated rings. The van der Waals surface area contributed by atoms with Gasteiger partial charge in [0.15, 0.2) is 5.44 Å². The first-order valence-corrected chi connectivity index (χ1v) is 7.04. The monoisotopic (exact) mass is 292 g/mol. The van der Waals surface area contributed by atoms with Crippen molar-refractivity contribution in [3.05, 3.63) is 29.8 Å². The van der Waals surface area contributed by atoms with E-state index in [2.05, 4.69) is 5.32 Å². The molecule has 0 radical (unpaired) electrons. The average molecular weight is 293 g/mol. The first kappa shape index (κ1) is 15.4. The van der Waals surface area contributed by atoms with E-state index in [4.69, 9.17) is 10.5 Å². The molecule has 5 nitrogen and oxygen atoms in total. The highest BCUT2D eigenvalue weighted by Crippen LogP contribution is 2.18. The Morgan fingerprint density at radius 2 is 2.00 bits per heavy atom. The van der Waals surface area contributed by atoms with E-state index >= 15 is 0 Å². The van der Waals surface area contributed by atoms with Gasteiger partial charge in [0.1, 0.15) is 0 Å². The van der Waals surface area contributed by atoms with Crippen molar-refractivity contribution in [3.63, 3.8) is 0 Å². The molecular formula is C11H17ClN2O3S. The van der Waals surface area contributed by atoms with Crippen LogP contribution in [0.1, 0.15) is 5.56 Å². The molecule has 1 unspecified atom stereocenters. The van der Waals surface area contributed by atoms with Gasteiger partial charge in [-0.25, -0.2) is 8.42 Å². The SMILES string of the molecule is Cl.NCc1ccc(S(=O)(=O)C2CNCCO2)cc1. The normalized spacial score (nSPS) is 20.2. The van der Waals surface area contributed by atoms with E-state index in [9.17, 15) is 8.42 Å². The van der Waals surface area contributed by atoms with Crippen LogP contribution in [0, 0.1) is 0 Å². The minimum absolute atomic E-state index is 0. The number of ether oxygens (including phenoxy) is 1. The van der Waals surface area contributed by atoms with Crippen LogP contribution in [0.3, 0.4) is 0 Å². The first-order chi connectivity index (χ1) is 8.14. The molecule has 18 heavy (non-hydrogen) atoms. The maximum Gasteiger partial charge on any atom is 0.206 e. The number of hydrogen-bond acceptors (Lipinski definition) is 5. The molecule has 0 aromatic heterocycles. The van der Waals surface area contributed by atoms with E-state index in [-0.39, 0.29) is 17.3 Å². The zero-order valence-electron chi connectivity index (χ0n) is 9.83. The van der Waals surface area contributed by atoms with Crippen LogP contribution in [0.4, 0.5) is 0 Å². The molecule has 102 valence electrons.